The van der Waals surface area contributed by atoms with Gasteiger partial charge in [-0.3, -0.25) is 0 Å². The van der Waals surface area contributed by atoms with Crippen LogP contribution in [0.2, 0.25) is 0 Å². The van der Waals surface area contributed by atoms with Gasteiger partial charge in [0.1, 0.15) is 30.8 Å². The first kappa shape index (κ1) is 101. The molecular formula is C134H166N10. The Labute approximate surface area is 867 Å². The Morgan fingerprint density at radius 3 is 0.590 bits per heavy atom. The van der Waals surface area contributed by atoms with E-state index in [2.05, 4.69) is 435 Å². The van der Waals surface area contributed by atoms with Gasteiger partial charge in [0.25, 0.3) is 0 Å². The number of benzene rings is 11. The normalized spacial score (nSPS) is 22.1. The molecule has 7 fully saturated rings. The zero-order valence-corrected chi connectivity index (χ0v) is 89.3. The molecule has 5 atom stereocenters. The Morgan fingerprint density at radius 1 is 0.153 bits per heavy atom. The van der Waals surface area contributed by atoms with Gasteiger partial charge in [-0.05, 0) is 327 Å². The number of aryl methyl sites for hydroxylation is 5. The summed E-state index contributed by atoms with van der Waals surface area (Å²) in [6.07, 6.45) is 48.1. The highest BCUT2D eigenvalue weighted by Crippen LogP contribution is 2.56. The monoisotopic (exact) mass is 1920 g/mol. The van der Waals surface area contributed by atoms with Crippen molar-refractivity contribution in [2.24, 2.45) is 41.4 Å². The lowest BCUT2D eigenvalue weighted by atomic mass is 9.84. The fraction of sp³-hybridized carbons (Fsp3) is 0.433. The minimum Gasteiger partial charge on any atom is -0.322 e. The number of anilines is 10. The molecule has 0 radical (unpaired) electrons. The van der Waals surface area contributed by atoms with E-state index in [0.717, 1.165) is 0 Å². The number of hydrogen-bond donors (Lipinski definition) is 0. The highest BCUT2D eigenvalue weighted by molar-refractivity contribution is 5.90. The van der Waals surface area contributed by atoms with Gasteiger partial charge in [-0.15, -0.1) is 0 Å². The third kappa shape index (κ3) is 21.4. The van der Waals surface area contributed by atoms with E-state index >= 15 is 0 Å². The number of allylic oxidation sites excluding steroid dienone is 9. The van der Waals surface area contributed by atoms with Gasteiger partial charge >= 0.3 is 0 Å². The van der Waals surface area contributed by atoms with Crippen LogP contribution in [0.1, 0.15) is 300 Å². The van der Waals surface area contributed by atoms with Gasteiger partial charge in [-0.1, -0.05) is 341 Å². The van der Waals surface area contributed by atoms with Gasteiger partial charge in [-0.2, -0.15) is 0 Å². The molecule has 7 aliphatic carbocycles. The van der Waals surface area contributed by atoms with Crippen LogP contribution in [0.5, 0.6) is 0 Å². The molecule has 12 aliphatic rings. The topological polar surface area (TPSA) is 32.4 Å². The van der Waals surface area contributed by atoms with E-state index in [1.165, 1.54) is 354 Å². The van der Waals surface area contributed by atoms with Crippen LogP contribution in [0, 0.1) is 76.0 Å². The smallest absolute Gasteiger partial charge is 0.114 e. The van der Waals surface area contributed by atoms with Gasteiger partial charge in [0.15, 0.2) is 0 Å². The largest absolute Gasteiger partial charge is 0.322 e. The van der Waals surface area contributed by atoms with Crippen LogP contribution in [0.25, 0.3) is 5.70 Å². The second-order valence-corrected chi connectivity index (χ2v) is 44.3. The SMILES string of the molecule is CC1=C(C)N(c2ccccc2C)C(C2CCCCC2)N1c1ccccc1.CC1=C(C)N(c2ccccc2C)C(C2CCCCC2)N1c1ccccc1.CC1=C(C2CCCC2)N(c2ccccc2)C(C2CCCCC2)N1c1ccccc1C.CC1=C(C2CCCCC2)N(c2ccccc2)C(C2CCCCC2)N1c1ccccc1C.CC1=C(c2ccccc2)N(c2ccccc2)C(C2CCCCC2)N1c1ccccc1C. The lowest BCUT2D eigenvalue weighted by molar-refractivity contribution is 0.301. The van der Waals surface area contributed by atoms with Crippen LogP contribution in [0.15, 0.2) is 355 Å². The average Bonchev–Trinajstić information content (AvgIpc) is 1.59. The van der Waals surface area contributed by atoms with E-state index in [4.69, 9.17) is 0 Å². The van der Waals surface area contributed by atoms with Crippen molar-refractivity contribution in [3.63, 3.8) is 0 Å². The van der Waals surface area contributed by atoms with Gasteiger partial charge in [0.05, 0.1) is 5.70 Å². The maximum atomic E-state index is 2.79. The van der Waals surface area contributed by atoms with Crippen molar-refractivity contribution in [3.05, 3.63) is 388 Å². The molecule has 23 rings (SSSR count). The molecule has 11 aromatic carbocycles. The first-order chi connectivity index (χ1) is 70.6. The second kappa shape index (κ2) is 47.5. The van der Waals surface area contributed by atoms with Gasteiger partial charge in [-0.25, -0.2) is 0 Å². The molecule has 10 nitrogen and oxygen atoms in total. The van der Waals surface area contributed by atoms with E-state index in [9.17, 15) is 0 Å². The zero-order chi connectivity index (χ0) is 99.1. The third-order valence-electron chi connectivity index (χ3n) is 35.3. The molecule has 0 aromatic heterocycles. The lowest BCUT2D eigenvalue weighted by Crippen LogP contribution is -2.47. The zero-order valence-electron chi connectivity index (χ0n) is 89.3. The van der Waals surface area contributed by atoms with E-state index in [0.29, 0.717) is 72.3 Å². The molecular weight excluding hydrogens is 1750 g/mol. The number of hydrogen-bond acceptors (Lipinski definition) is 10. The second-order valence-electron chi connectivity index (χ2n) is 44.3. The Morgan fingerprint density at radius 2 is 0.333 bits per heavy atom. The first-order valence-electron chi connectivity index (χ1n) is 56.6. The maximum Gasteiger partial charge on any atom is 0.114 e. The van der Waals surface area contributed by atoms with Crippen LogP contribution in [-0.2, 0) is 0 Å². The third-order valence-corrected chi connectivity index (χ3v) is 35.3. The van der Waals surface area contributed by atoms with Crippen LogP contribution < -0.4 is 49.0 Å². The van der Waals surface area contributed by atoms with E-state index < -0.39 is 0 Å². The molecule has 5 heterocycles. The highest BCUT2D eigenvalue weighted by Gasteiger charge is 2.51. The van der Waals surface area contributed by atoms with Gasteiger partial charge in [0.2, 0.25) is 0 Å². The number of para-hydroxylation sites is 10. The van der Waals surface area contributed by atoms with E-state index in [-0.39, 0.29) is 0 Å². The van der Waals surface area contributed by atoms with Crippen LogP contribution in [0.4, 0.5) is 56.9 Å². The summed E-state index contributed by atoms with van der Waals surface area (Å²) in [5, 5.41) is 0. The predicted octanol–water partition coefficient (Wildman–Crippen LogP) is 36.3. The molecule has 11 aromatic rings. The molecule has 5 unspecified atom stereocenters. The quantitative estimate of drug-likeness (QED) is 0.0828. The van der Waals surface area contributed by atoms with Crippen molar-refractivity contribution in [2.45, 2.75) is 332 Å². The number of nitrogens with zero attached hydrogens (tertiary/aromatic N) is 10. The van der Waals surface area contributed by atoms with Crippen molar-refractivity contribution in [2.75, 3.05) is 49.0 Å². The van der Waals surface area contributed by atoms with Crippen molar-refractivity contribution in [1.29, 1.82) is 0 Å². The summed E-state index contributed by atoms with van der Waals surface area (Å²) in [6, 6.07) is 111. The number of rotatable bonds is 18. The maximum absolute atomic E-state index is 2.79. The highest BCUT2D eigenvalue weighted by atomic mass is 15.5. The van der Waals surface area contributed by atoms with Crippen LogP contribution in [0.3, 0.4) is 0 Å². The molecule has 7 saturated carbocycles. The summed E-state index contributed by atoms with van der Waals surface area (Å²) in [5.41, 5.74) is 36.1. The summed E-state index contributed by atoms with van der Waals surface area (Å²) >= 11 is 0. The minimum absolute atomic E-state index is 0.305. The molecule has 0 saturated heterocycles. The summed E-state index contributed by atoms with van der Waals surface area (Å²) in [7, 11) is 0. The van der Waals surface area contributed by atoms with Crippen LogP contribution in [-0.4, -0.2) is 30.8 Å². The first-order valence-corrected chi connectivity index (χ1v) is 56.6. The van der Waals surface area contributed by atoms with Crippen molar-refractivity contribution in [3.8, 4) is 0 Å². The average molecular weight is 1920 g/mol. The summed E-state index contributed by atoms with van der Waals surface area (Å²) in [4.78, 5) is 26.7. The summed E-state index contributed by atoms with van der Waals surface area (Å²) < 4.78 is 0. The summed E-state index contributed by atoms with van der Waals surface area (Å²) in [6.45, 7) is 27.6. The minimum atomic E-state index is 0.305. The lowest BCUT2D eigenvalue weighted by Gasteiger charge is -2.43. The Balaban J connectivity index is 0.000000114. The molecule has 752 valence electrons. The van der Waals surface area contributed by atoms with E-state index in [1.807, 2.05) is 0 Å². The molecule has 0 N–H and O–H groups in total. The fourth-order valence-corrected chi connectivity index (χ4v) is 28.0. The van der Waals surface area contributed by atoms with E-state index in [1.54, 1.807) is 11.4 Å². The molecule has 0 bridgehead atoms. The van der Waals surface area contributed by atoms with Gasteiger partial charge < -0.3 is 49.0 Å². The molecule has 0 spiro atoms. The van der Waals surface area contributed by atoms with Gasteiger partial charge in [0, 0.05) is 120 Å². The molecule has 144 heavy (non-hydrogen) atoms. The van der Waals surface area contributed by atoms with Crippen molar-refractivity contribution < 1.29 is 0 Å². The molecule has 10 heteroatoms. The Bertz CT molecular complexity index is 6020. The Kier molecular flexibility index (Phi) is 33.3. The standard InChI is InChI=1S/C29H38N2.C29H32N2.C28H36N2.2C24H30N2/c2*1-22-14-12-13-21-27(22)30-23(2)28(24-15-6-3-7-16-24)31(26-19-10-5-11-20-26)29(30)25-17-8-4-9-18-25;1-21-13-9-12-20-26(21)29-22(2)27(23-14-10-11-15-23)30(25-18-7-4-8-19-25)28(29)24-16-5-3-6-17-24;2*1-18-12-10-11-17-23(18)26-20(3)19(2)25(22-15-8-5-9-16-22)24(26)21-13-6-4-7-14-21/h5,10-14,19-21,24-25,29H,3-4,6-9,15-18H2,1-2H3;3,5-7,10-16,19-21,25,29H,4,8-9,17-18H2,1-2H3;4,7-9,12-13,18-20,23-24,28H,3,5-6,10-11,14-17H2,1-2H3;2*5,8-12,15-17,21,24H,4,6-7,13-14H2,1-3H3. The Hall–Kier alpha value is -11.9. The molecule has 0 amide bonds. The van der Waals surface area contributed by atoms with Crippen molar-refractivity contribution in [1.82, 2.24) is 0 Å². The van der Waals surface area contributed by atoms with Crippen LogP contribution >= 0.6 is 0 Å². The summed E-state index contributed by atoms with van der Waals surface area (Å²) in [5.74, 6) is 4.87. The molecule has 5 aliphatic heterocycles. The van der Waals surface area contributed by atoms with Crippen molar-refractivity contribution >= 4 is 62.6 Å². The predicted molar refractivity (Wildman–Crippen MR) is 614 cm³/mol. The fourth-order valence-electron chi connectivity index (χ4n) is 28.0.